The van der Waals surface area contributed by atoms with Gasteiger partial charge in [-0.15, -0.1) is 0 Å². The fourth-order valence-electron chi connectivity index (χ4n) is 2.01. The van der Waals surface area contributed by atoms with Gasteiger partial charge in [0, 0.05) is 11.4 Å². The van der Waals surface area contributed by atoms with Crippen molar-refractivity contribution in [2.24, 2.45) is 0 Å². The van der Waals surface area contributed by atoms with Gasteiger partial charge in [-0.2, -0.15) is 0 Å². The Morgan fingerprint density at radius 2 is 2.29 bits per heavy atom. The SMILES string of the molecule is CC1CCC(C(=O)Cc2ccc(Cl)cc2F)O1. The summed E-state index contributed by atoms with van der Waals surface area (Å²) in [5.41, 5.74) is 0.377. The number of ether oxygens (including phenoxy) is 1. The number of rotatable bonds is 3. The second kappa shape index (κ2) is 5.15. The summed E-state index contributed by atoms with van der Waals surface area (Å²) in [5.74, 6) is -0.493. The van der Waals surface area contributed by atoms with E-state index in [0.29, 0.717) is 10.6 Å². The van der Waals surface area contributed by atoms with Crippen LogP contribution in [0, 0.1) is 5.82 Å². The van der Waals surface area contributed by atoms with Gasteiger partial charge in [0.2, 0.25) is 0 Å². The lowest BCUT2D eigenvalue weighted by Gasteiger charge is -2.10. The highest BCUT2D eigenvalue weighted by Gasteiger charge is 2.28. The maximum Gasteiger partial charge on any atom is 0.166 e. The van der Waals surface area contributed by atoms with Gasteiger partial charge in [-0.3, -0.25) is 4.79 Å². The van der Waals surface area contributed by atoms with Gasteiger partial charge in [-0.1, -0.05) is 17.7 Å². The molecule has 0 amide bonds. The van der Waals surface area contributed by atoms with E-state index in [-0.39, 0.29) is 24.4 Å². The Morgan fingerprint density at radius 3 is 2.88 bits per heavy atom. The van der Waals surface area contributed by atoms with Crippen LogP contribution in [0.15, 0.2) is 18.2 Å². The second-order valence-corrected chi connectivity index (χ2v) is 4.83. The Hall–Kier alpha value is -0.930. The van der Waals surface area contributed by atoms with Crippen molar-refractivity contribution in [3.8, 4) is 0 Å². The van der Waals surface area contributed by atoms with Crippen molar-refractivity contribution in [2.75, 3.05) is 0 Å². The molecule has 2 nitrogen and oxygen atoms in total. The minimum atomic E-state index is -0.433. The van der Waals surface area contributed by atoms with Crippen LogP contribution in [0.3, 0.4) is 0 Å². The summed E-state index contributed by atoms with van der Waals surface area (Å²) in [6, 6.07) is 4.36. The molecule has 0 spiro atoms. The first-order valence-corrected chi connectivity index (χ1v) is 6.06. The fourth-order valence-corrected chi connectivity index (χ4v) is 2.16. The normalized spacial score (nSPS) is 23.9. The van der Waals surface area contributed by atoms with E-state index >= 15 is 0 Å². The van der Waals surface area contributed by atoms with E-state index in [9.17, 15) is 9.18 Å². The summed E-state index contributed by atoms with van der Waals surface area (Å²) in [7, 11) is 0. The van der Waals surface area contributed by atoms with Crippen molar-refractivity contribution >= 4 is 17.4 Å². The molecule has 1 aliphatic heterocycles. The molecule has 17 heavy (non-hydrogen) atoms. The van der Waals surface area contributed by atoms with Crippen LogP contribution in [0.4, 0.5) is 4.39 Å². The number of halogens is 2. The maximum atomic E-state index is 13.5. The second-order valence-electron chi connectivity index (χ2n) is 4.39. The molecule has 0 aromatic heterocycles. The lowest BCUT2D eigenvalue weighted by atomic mass is 10.0. The lowest BCUT2D eigenvalue weighted by molar-refractivity contribution is -0.128. The first-order valence-electron chi connectivity index (χ1n) is 5.68. The van der Waals surface area contributed by atoms with Crippen LogP contribution in [-0.4, -0.2) is 18.0 Å². The Morgan fingerprint density at radius 1 is 1.53 bits per heavy atom. The molecule has 4 heteroatoms. The predicted molar refractivity (Wildman–Crippen MR) is 63.7 cm³/mol. The molecule has 1 saturated heterocycles. The van der Waals surface area contributed by atoms with E-state index in [1.165, 1.54) is 6.07 Å². The summed E-state index contributed by atoms with van der Waals surface area (Å²) in [6.45, 7) is 1.94. The van der Waals surface area contributed by atoms with Gasteiger partial charge in [-0.05, 0) is 37.5 Å². The van der Waals surface area contributed by atoms with E-state index < -0.39 is 5.82 Å². The molecule has 92 valence electrons. The third-order valence-corrected chi connectivity index (χ3v) is 3.21. The minimum Gasteiger partial charge on any atom is -0.367 e. The van der Waals surface area contributed by atoms with Gasteiger partial charge in [-0.25, -0.2) is 4.39 Å². The maximum absolute atomic E-state index is 13.5. The summed E-state index contributed by atoms with van der Waals surface area (Å²) >= 11 is 5.65. The summed E-state index contributed by atoms with van der Waals surface area (Å²) < 4.78 is 19.0. The lowest BCUT2D eigenvalue weighted by Crippen LogP contribution is -2.22. The third-order valence-electron chi connectivity index (χ3n) is 2.97. The van der Waals surface area contributed by atoms with E-state index in [4.69, 9.17) is 16.3 Å². The monoisotopic (exact) mass is 256 g/mol. The third kappa shape index (κ3) is 3.05. The van der Waals surface area contributed by atoms with Crippen LogP contribution in [0.25, 0.3) is 0 Å². The van der Waals surface area contributed by atoms with Gasteiger partial charge in [0.15, 0.2) is 5.78 Å². The van der Waals surface area contributed by atoms with Crippen LogP contribution in [0.2, 0.25) is 5.02 Å². The molecule has 0 radical (unpaired) electrons. The molecule has 2 unspecified atom stereocenters. The van der Waals surface area contributed by atoms with E-state index in [1.807, 2.05) is 6.92 Å². The smallest absolute Gasteiger partial charge is 0.166 e. The highest BCUT2D eigenvalue weighted by atomic mass is 35.5. The van der Waals surface area contributed by atoms with Crippen molar-refractivity contribution in [1.29, 1.82) is 0 Å². The van der Waals surface area contributed by atoms with Crippen LogP contribution in [-0.2, 0) is 16.0 Å². The van der Waals surface area contributed by atoms with Crippen molar-refractivity contribution in [3.63, 3.8) is 0 Å². The fraction of sp³-hybridized carbons (Fsp3) is 0.462. The van der Waals surface area contributed by atoms with Crippen LogP contribution >= 0.6 is 11.6 Å². The Bertz CT molecular complexity index is 433. The average Bonchev–Trinajstić information content (AvgIpc) is 2.69. The van der Waals surface area contributed by atoms with Crippen LogP contribution < -0.4 is 0 Å². The summed E-state index contributed by atoms with van der Waals surface area (Å²) in [5, 5.41) is 0.337. The van der Waals surface area contributed by atoms with Crippen molar-refractivity contribution in [3.05, 3.63) is 34.6 Å². The zero-order chi connectivity index (χ0) is 12.4. The Kier molecular flexibility index (Phi) is 3.79. The molecule has 1 aliphatic rings. The first kappa shape index (κ1) is 12.5. The van der Waals surface area contributed by atoms with Crippen LogP contribution in [0.5, 0.6) is 0 Å². The molecule has 1 aromatic rings. The van der Waals surface area contributed by atoms with E-state index in [2.05, 4.69) is 0 Å². The van der Waals surface area contributed by atoms with Crippen molar-refractivity contribution in [1.82, 2.24) is 0 Å². The first-order chi connectivity index (χ1) is 8.06. The number of hydrogen-bond donors (Lipinski definition) is 0. The van der Waals surface area contributed by atoms with Gasteiger partial charge < -0.3 is 4.74 Å². The molecule has 2 atom stereocenters. The largest absolute Gasteiger partial charge is 0.367 e. The molecule has 1 fully saturated rings. The van der Waals surface area contributed by atoms with Gasteiger partial charge in [0.1, 0.15) is 11.9 Å². The zero-order valence-corrected chi connectivity index (χ0v) is 10.3. The molecule has 0 saturated carbocycles. The van der Waals surface area contributed by atoms with Gasteiger partial charge in [0.05, 0.1) is 6.10 Å². The number of carbonyl (C=O) groups is 1. The molecular weight excluding hydrogens is 243 g/mol. The number of Topliss-reactive ketones (excluding diaryl/α,β-unsaturated/α-hetero) is 1. The molecule has 2 rings (SSSR count). The standard InChI is InChI=1S/C13H14ClFO2/c1-8-2-5-13(17-8)12(16)6-9-3-4-10(14)7-11(9)15/h3-4,7-8,13H,2,5-6H2,1H3. The van der Waals surface area contributed by atoms with Crippen LogP contribution in [0.1, 0.15) is 25.3 Å². The van der Waals surface area contributed by atoms with Crippen molar-refractivity contribution in [2.45, 2.75) is 38.4 Å². The van der Waals surface area contributed by atoms with E-state index in [0.717, 1.165) is 12.8 Å². The zero-order valence-electron chi connectivity index (χ0n) is 9.58. The average molecular weight is 257 g/mol. The molecule has 0 N–H and O–H groups in total. The number of carbonyl (C=O) groups excluding carboxylic acids is 1. The number of benzene rings is 1. The van der Waals surface area contributed by atoms with Crippen molar-refractivity contribution < 1.29 is 13.9 Å². The highest BCUT2D eigenvalue weighted by molar-refractivity contribution is 6.30. The number of hydrogen-bond acceptors (Lipinski definition) is 2. The van der Waals surface area contributed by atoms with Gasteiger partial charge in [0.25, 0.3) is 0 Å². The van der Waals surface area contributed by atoms with E-state index in [1.54, 1.807) is 12.1 Å². The molecule has 0 bridgehead atoms. The summed E-state index contributed by atoms with van der Waals surface area (Å²) in [6.07, 6.45) is 1.44. The quantitative estimate of drug-likeness (QED) is 0.830. The molecule has 1 aromatic carbocycles. The summed E-state index contributed by atoms with van der Waals surface area (Å²) in [4.78, 5) is 11.9. The molecule has 0 aliphatic carbocycles. The Labute approximate surface area is 105 Å². The topological polar surface area (TPSA) is 26.3 Å². The molecular formula is C13H14ClFO2. The highest BCUT2D eigenvalue weighted by Crippen LogP contribution is 2.22. The number of ketones is 1. The predicted octanol–water partition coefficient (Wildman–Crippen LogP) is 3.16. The molecule has 1 heterocycles. The van der Waals surface area contributed by atoms with Gasteiger partial charge >= 0.3 is 0 Å². The Balaban J connectivity index is 2.03. The minimum absolute atomic E-state index is 0.0597.